The van der Waals surface area contributed by atoms with Crippen LogP contribution in [-0.2, 0) is 4.79 Å². The highest BCUT2D eigenvalue weighted by Gasteiger charge is 2.08. The molecular weight excluding hydrogens is 152 g/mol. The second kappa shape index (κ2) is 10.5. The van der Waals surface area contributed by atoms with Gasteiger partial charge in [0, 0.05) is 0 Å². The molecule has 1 unspecified atom stereocenters. The highest BCUT2D eigenvalue weighted by atomic mass is 16.4. The van der Waals surface area contributed by atoms with Crippen LogP contribution in [0.3, 0.4) is 0 Å². The molecule has 0 saturated carbocycles. The Morgan fingerprint density at radius 3 is 2.00 bits per heavy atom. The molecule has 2 heteroatoms. The van der Waals surface area contributed by atoms with Crippen molar-refractivity contribution in [1.82, 2.24) is 0 Å². The summed E-state index contributed by atoms with van der Waals surface area (Å²) in [4.78, 5) is 10.2. The molecule has 1 N–H and O–H groups in total. The molecule has 0 aliphatic rings. The van der Waals surface area contributed by atoms with Crippen molar-refractivity contribution in [2.24, 2.45) is 5.92 Å². The van der Waals surface area contributed by atoms with E-state index in [0.29, 0.717) is 0 Å². The summed E-state index contributed by atoms with van der Waals surface area (Å²) in [6.07, 6.45) is 4.16. The number of aliphatic carboxylic acids is 1. The molecule has 0 radical (unpaired) electrons. The molecule has 0 rings (SSSR count). The fourth-order valence-electron chi connectivity index (χ4n) is 0.634. The lowest BCUT2D eigenvalue weighted by molar-refractivity contribution is -0.141. The van der Waals surface area contributed by atoms with Gasteiger partial charge in [-0.2, -0.15) is 0 Å². The third-order valence-corrected chi connectivity index (χ3v) is 1.41. The molecule has 0 aliphatic carbocycles. The maximum atomic E-state index is 10.2. The van der Waals surface area contributed by atoms with Gasteiger partial charge in [0.15, 0.2) is 0 Å². The minimum Gasteiger partial charge on any atom is -0.481 e. The predicted octanol–water partition coefficient (Wildman–Crippen LogP) is 3.31. The molecule has 0 heterocycles. The van der Waals surface area contributed by atoms with Gasteiger partial charge in [0.05, 0.1) is 5.92 Å². The number of carboxylic acid groups (broad SMARTS) is 1. The van der Waals surface area contributed by atoms with Crippen molar-refractivity contribution in [3.63, 3.8) is 0 Å². The first-order chi connectivity index (χ1) is 5.59. The first-order valence-corrected chi connectivity index (χ1v) is 4.82. The van der Waals surface area contributed by atoms with E-state index in [1.165, 1.54) is 6.42 Å². The van der Waals surface area contributed by atoms with E-state index in [2.05, 4.69) is 20.8 Å². The molecular formula is C10H22O2. The van der Waals surface area contributed by atoms with E-state index >= 15 is 0 Å². The second-order valence-corrected chi connectivity index (χ2v) is 3.09. The summed E-state index contributed by atoms with van der Waals surface area (Å²) in [5.74, 6) is -0.839. The third-order valence-electron chi connectivity index (χ3n) is 1.41. The van der Waals surface area contributed by atoms with E-state index < -0.39 is 5.97 Å². The molecule has 0 bridgehead atoms. The van der Waals surface area contributed by atoms with Crippen LogP contribution < -0.4 is 0 Å². The molecule has 12 heavy (non-hydrogen) atoms. The Hall–Kier alpha value is -0.530. The van der Waals surface area contributed by atoms with Gasteiger partial charge in [0.2, 0.25) is 0 Å². The first kappa shape index (κ1) is 14.0. The van der Waals surface area contributed by atoms with Gasteiger partial charge in [-0.25, -0.2) is 0 Å². The first-order valence-electron chi connectivity index (χ1n) is 4.82. The smallest absolute Gasteiger partial charge is 0.306 e. The van der Waals surface area contributed by atoms with Gasteiger partial charge in [-0.05, 0) is 6.42 Å². The van der Waals surface area contributed by atoms with Crippen molar-refractivity contribution in [2.45, 2.75) is 53.4 Å². The van der Waals surface area contributed by atoms with E-state index in [1.807, 2.05) is 0 Å². The Kier molecular flexibility index (Phi) is 12.2. The Morgan fingerprint density at radius 2 is 1.75 bits per heavy atom. The second-order valence-electron chi connectivity index (χ2n) is 3.09. The lowest BCUT2D eigenvalue weighted by Gasteiger charge is -2.02. The summed E-state index contributed by atoms with van der Waals surface area (Å²) in [5, 5.41) is 8.41. The zero-order chi connectivity index (χ0) is 9.98. The molecule has 74 valence electrons. The molecule has 0 saturated heterocycles. The van der Waals surface area contributed by atoms with Crippen molar-refractivity contribution in [3.05, 3.63) is 0 Å². The van der Waals surface area contributed by atoms with Gasteiger partial charge in [-0.3, -0.25) is 4.79 Å². The van der Waals surface area contributed by atoms with Crippen LogP contribution in [0.2, 0.25) is 0 Å². The molecule has 0 aromatic carbocycles. The van der Waals surface area contributed by atoms with Crippen LogP contribution in [0.25, 0.3) is 0 Å². The number of hydrogen-bond acceptors (Lipinski definition) is 1. The summed E-state index contributed by atoms with van der Waals surface area (Å²) in [5.41, 5.74) is 0. The molecule has 0 fully saturated rings. The van der Waals surface area contributed by atoms with Crippen LogP contribution in [0.15, 0.2) is 0 Å². The quantitative estimate of drug-likeness (QED) is 0.710. The highest BCUT2D eigenvalue weighted by molar-refractivity contribution is 5.69. The van der Waals surface area contributed by atoms with E-state index in [1.54, 1.807) is 6.92 Å². The van der Waals surface area contributed by atoms with Crippen molar-refractivity contribution < 1.29 is 9.90 Å². The van der Waals surface area contributed by atoms with E-state index in [9.17, 15) is 4.79 Å². The zero-order valence-electron chi connectivity index (χ0n) is 8.76. The van der Waals surface area contributed by atoms with Gasteiger partial charge in [0.1, 0.15) is 0 Å². The van der Waals surface area contributed by atoms with Crippen molar-refractivity contribution in [2.75, 3.05) is 0 Å². The Balaban J connectivity index is 0. The number of unbranched alkanes of at least 4 members (excludes halogenated alkanes) is 1. The van der Waals surface area contributed by atoms with Crippen molar-refractivity contribution in [1.29, 1.82) is 0 Å². The van der Waals surface area contributed by atoms with Crippen molar-refractivity contribution in [3.8, 4) is 0 Å². The molecule has 2 nitrogen and oxygen atoms in total. The Bertz CT molecular complexity index is 100. The number of hydrogen-bond donors (Lipinski definition) is 1. The van der Waals surface area contributed by atoms with Gasteiger partial charge in [-0.1, -0.05) is 47.0 Å². The maximum absolute atomic E-state index is 10.2. The van der Waals surface area contributed by atoms with Crippen LogP contribution in [0.1, 0.15) is 53.4 Å². The van der Waals surface area contributed by atoms with Crippen LogP contribution in [-0.4, -0.2) is 11.1 Å². The Labute approximate surface area is 76.0 Å². The molecule has 0 aromatic heterocycles. The topological polar surface area (TPSA) is 37.3 Å². The monoisotopic (exact) mass is 174 g/mol. The fourth-order valence-corrected chi connectivity index (χ4v) is 0.634. The summed E-state index contributed by atoms with van der Waals surface area (Å²) >= 11 is 0. The lowest BCUT2D eigenvalue weighted by Crippen LogP contribution is -2.08. The molecule has 0 amide bonds. The maximum Gasteiger partial charge on any atom is 0.306 e. The van der Waals surface area contributed by atoms with E-state index in [0.717, 1.165) is 19.3 Å². The van der Waals surface area contributed by atoms with E-state index in [-0.39, 0.29) is 5.92 Å². The average Bonchev–Trinajstić information content (AvgIpc) is 2.01. The normalized spacial score (nSPS) is 11.3. The number of rotatable bonds is 4. The van der Waals surface area contributed by atoms with E-state index in [4.69, 9.17) is 5.11 Å². The van der Waals surface area contributed by atoms with Crippen molar-refractivity contribution >= 4 is 5.97 Å². The van der Waals surface area contributed by atoms with Gasteiger partial charge < -0.3 is 5.11 Å². The van der Waals surface area contributed by atoms with Crippen LogP contribution >= 0.6 is 0 Å². The highest BCUT2D eigenvalue weighted by Crippen LogP contribution is 2.06. The third kappa shape index (κ3) is 12.2. The standard InChI is InChI=1S/C7H14O2.C3H8/c1-3-4-5-6(2)7(8)9;1-3-2/h6H,3-5H2,1-2H3,(H,8,9);3H2,1-2H3. The summed E-state index contributed by atoms with van der Waals surface area (Å²) in [7, 11) is 0. The Morgan fingerprint density at radius 1 is 1.33 bits per heavy atom. The van der Waals surface area contributed by atoms with Crippen LogP contribution in [0, 0.1) is 5.92 Å². The molecule has 0 aromatic rings. The minimum atomic E-state index is -0.677. The van der Waals surface area contributed by atoms with Gasteiger partial charge in [0.25, 0.3) is 0 Å². The summed E-state index contributed by atoms with van der Waals surface area (Å²) in [6, 6.07) is 0. The molecule has 1 atom stereocenters. The molecule has 0 aliphatic heterocycles. The zero-order valence-corrected chi connectivity index (χ0v) is 8.76. The predicted molar refractivity (Wildman–Crippen MR) is 52.3 cm³/mol. The van der Waals surface area contributed by atoms with Gasteiger partial charge >= 0.3 is 5.97 Å². The van der Waals surface area contributed by atoms with Crippen LogP contribution in [0.5, 0.6) is 0 Å². The average molecular weight is 174 g/mol. The fraction of sp³-hybridized carbons (Fsp3) is 0.900. The largest absolute Gasteiger partial charge is 0.481 e. The molecule has 0 spiro atoms. The minimum absolute atomic E-state index is 0.162. The number of carbonyl (C=O) groups is 1. The summed E-state index contributed by atoms with van der Waals surface area (Å²) < 4.78 is 0. The number of carboxylic acids is 1. The lowest BCUT2D eigenvalue weighted by atomic mass is 10.1. The van der Waals surface area contributed by atoms with Gasteiger partial charge in [-0.15, -0.1) is 0 Å². The van der Waals surface area contributed by atoms with Crippen LogP contribution in [0.4, 0.5) is 0 Å². The SMILES string of the molecule is CCC.CCCCC(C)C(=O)O. The summed E-state index contributed by atoms with van der Waals surface area (Å²) in [6.45, 7) is 8.06.